The van der Waals surface area contributed by atoms with E-state index >= 15 is 0 Å². The molecule has 0 amide bonds. The Balaban J connectivity index is 2.60. The summed E-state index contributed by atoms with van der Waals surface area (Å²) in [6.07, 6.45) is 9.29. The van der Waals surface area contributed by atoms with Crippen molar-refractivity contribution in [3.05, 3.63) is 0 Å². The second kappa shape index (κ2) is 8.16. The number of hydrogen-bond donors (Lipinski definition) is 1. The lowest BCUT2D eigenvalue weighted by Gasteiger charge is -2.38. The molecule has 0 saturated carbocycles. The number of rotatable bonds is 9. The Kier molecular flexibility index (Phi) is 7.25. The van der Waals surface area contributed by atoms with Crippen LogP contribution >= 0.6 is 0 Å². The topological polar surface area (TPSA) is 15.3 Å². The molecule has 1 fully saturated rings. The molecule has 2 nitrogen and oxygen atoms in total. The molecule has 2 atom stereocenters. The molecule has 108 valence electrons. The number of nitrogens with one attached hydrogen (secondary N) is 1. The van der Waals surface area contributed by atoms with Gasteiger partial charge in [-0.1, -0.05) is 33.6 Å². The van der Waals surface area contributed by atoms with Gasteiger partial charge in [-0.25, -0.2) is 0 Å². The Morgan fingerprint density at radius 1 is 1.22 bits per heavy atom. The minimum Gasteiger partial charge on any atom is -0.310 e. The van der Waals surface area contributed by atoms with Crippen molar-refractivity contribution in [2.24, 2.45) is 0 Å². The van der Waals surface area contributed by atoms with E-state index in [1.54, 1.807) is 0 Å². The van der Waals surface area contributed by atoms with Crippen LogP contribution in [0.1, 0.15) is 72.6 Å². The smallest absolute Gasteiger partial charge is 0.0309 e. The van der Waals surface area contributed by atoms with Crippen molar-refractivity contribution >= 4 is 0 Å². The van der Waals surface area contributed by atoms with E-state index in [0.717, 1.165) is 6.04 Å². The highest BCUT2D eigenvalue weighted by Gasteiger charge is 2.34. The van der Waals surface area contributed by atoms with Gasteiger partial charge in [-0.3, -0.25) is 4.90 Å². The minimum absolute atomic E-state index is 0.423. The molecule has 1 aliphatic heterocycles. The summed E-state index contributed by atoms with van der Waals surface area (Å²) in [4.78, 5) is 2.73. The molecule has 0 radical (unpaired) electrons. The largest absolute Gasteiger partial charge is 0.310 e. The maximum Gasteiger partial charge on any atom is 0.0309 e. The molecule has 2 heteroatoms. The van der Waals surface area contributed by atoms with Crippen molar-refractivity contribution in [2.75, 3.05) is 19.6 Å². The van der Waals surface area contributed by atoms with Crippen LogP contribution in [0.3, 0.4) is 0 Å². The summed E-state index contributed by atoms with van der Waals surface area (Å²) < 4.78 is 0. The van der Waals surface area contributed by atoms with Gasteiger partial charge in [0.15, 0.2) is 0 Å². The van der Waals surface area contributed by atoms with Gasteiger partial charge in [-0.15, -0.1) is 0 Å². The van der Waals surface area contributed by atoms with Gasteiger partial charge in [0, 0.05) is 18.1 Å². The zero-order valence-electron chi connectivity index (χ0n) is 13.1. The maximum absolute atomic E-state index is 3.82. The molecule has 0 aromatic rings. The Hall–Kier alpha value is -0.0800. The summed E-state index contributed by atoms with van der Waals surface area (Å²) in [7, 11) is 0. The maximum atomic E-state index is 3.82. The van der Waals surface area contributed by atoms with E-state index in [4.69, 9.17) is 0 Å². The van der Waals surface area contributed by atoms with Crippen LogP contribution in [0.4, 0.5) is 0 Å². The molecule has 2 unspecified atom stereocenters. The quantitative estimate of drug-likeness (QED) is 0.673. The van der Waals surface area contributed by atoms with Crippen LogP contribution in [0, 0.1) is 0 Å². The Bertz CT molecular complexity index is 209. The second-order valence-corrected chi connectivity index (χ2v) is 6.14. The van der Waals surface area contributed by atoms with E-state index in [2.05, 4.69) is 37.9 Å². The van der Waals surface area contributed by atoms with Crippen LogP contribution in [-0.4, -0.2) is 36.1 Å². The van der Waals surface area contributed by atoms with E-state index in [1.165, 1.54) is 64.6 Å². The normalized spacial score (nSPS) is 25.8. The van der Waals surface area contributed by atoms with Crippen molar-refractivity contribution in [1.29, 1.82) is 0 Å². The lowest BCUT2D eigenvalue weighted by Crippen LogP contribution is -2.52. The van der Waals surface area contributed by atoms with Gasteiger partial charge in [0.2, 0.25) is 0 Å². The van der Waals surface area contributed by atoms with E-state index in [9.17, 15) is 0 Å². The molecule has 0 aromatic heterocycles. The molecular weight excluding hydrogens is 220 g/mol. The van der Waals surface area contributed by atoms with Gasteiger partial charge in [0.25, 0.3) is 0 Å². The van der Waals surface area contributed by atoms with E-state index in [-0.39, 0.29) is 0 Å². The summed E-state index contributed by atoms with van der Waals surface area (Å²) in [5.41, 5.74) is 0.423. The monoisotopic (exact) mass is 254 g/mol. The molecule has 0 spiro atoms. The van der Waals surface area contributed by atoms with E-state index in [1.807, 2.05) is 0 Å². The van der Waals surface area contributed by atoms with Crippen LogP contribution in [-0.2, 0) is 0 Å². The molecule has 1 aliphatic rings. The standard InChI is InChI=1S/C16H34N2/c1-5-8-13-18(15(4)7-3)14-16(10-6-2)11-9-12-17-16/h15,17H,5-14H2,1-4H3. The number of hydrogen-bond acceptors (Lipinski definition) is 2. The Morgan fingerprint density at radius 3 is 2.50 bits per heavy atom. The molecule has 18 heavy (non-hydrogen) atoms. The van der Waals surface area contributed by atoms with Crippen LogP contribution in [0.15, 0.2) is 0 Å². The number of unbranched alkanes of at least 4 members (excludes halogenated alkanes) is 1. The van der Waals surface area contributed by atoms with Gasteiger partial charge in [0.1, 0.15) is 0 Å². The SMILES string of the molecule is CCCCN(CC1(CCC)CCCN1)C(C)CC. The third-order valence-corrected chi connectivity index (χ3v) is 4.58. The predicted octanol–water partition coefficient (Wildman–Crippen LogP) is 3.81. The summed E-state index contributed by atoms with van der Waals surface area (Å²) >= 11 is 0. The predicted molar refractivity (Wildman–Crippen MR) is 81.1 cm³/mol. The third kappa shape index (κ3) is 4.55. The van der Waals surface area contributed by atoms with Crippen LogP contribution in [0.25, 0.3) is 0 Å². The average molecular weight is 254 g/mol. The van der Waals surface area contributed by atoms with Crippen LogP contribution in [0.2, 0.25) is 0 Å². The van der Waals surface area contributed by atoms with Crippen molar-refractivity contribution in [3.8, 4) is 0 Å². The lowest BCUT2D eigenvalue weighted by atomic mass is 9.90. The summed E-state index contributed by atoms with van der Waals surface area (Å²) in [6.45, 7) is 13.1. The fourth-order valence-electron chi connectivity index (χ4n) is 3.24. The third-order valence-electron chi connectivity index (χ3n) is 4.58. The average Bonchev–Trinajstić information content (AvgIpc) is 2.82. The Labute approximate surface area is 115 Å². The first-order valence-electron chi connectivity index (χ1n) is 8.16. The van der Waals surface area contributed by atoms with Gasteiger partial charge < -0.3 is 5.32 Å². The first-order valence-corrected chi connectivity index (χ1v) is 8.16. The zero-order chi connectivity index (χ0) is 13.4. The summed E-state index contributed by atoms with van der Waals surface area (Å²) in [5.74, 6) is 0. The Morgan fingerprint density at radius 2 is 2.00 bits per heavy atom. The van der Waals surface area contributed by atoms with Crippen molar-refractivity contribution in [1.82, 2.24) is 10.2 Å². The van der Waals surface area contributed by atoms with Gasteiger partial charge in [-0.05, 0) is 52.1 Å². The molecule has 1 N–H and O–H groups in total. The van der Waals surface area contributed by atoms with Crippen LogP contribution in [0.5, 0.6) is 0 Å². The van der Waals surface area contributed by atoms with Gasteiger partial charge in [0.05, 0.1) is 0 Å². The minimum atomic E-state index is 0.423. The highest BCUT2D eigenvalue weighted by atomic mass is 15.2. The summed E-state index contributed by atoms with van der Waals surface area (Å²) in [6, 6.07) is 0.729. The fourth-order valence-corrected chi connectivity index (χ4v) is 3.24. The van der Waals surface area contributed by atoms with Crippen molar-refractivity contribution < 1.29 is 0 Å². The zero-order valence-corrected chi connectivity index (χ0v) is 13.1. The van der Waals surface area contributed by atoms with Crippen molar-refractivity contribution in [2.45, 2.75) is 84.2 Å². The molecule has 0 aliphatic carbocycles. The van der Waals surface area contributed by atoms with Crippen LogP contribution < -0.4 is 5.32 Å². The molecule has 1 rings (SSSR count). The molecule has 1 saturated heterocycles. The highest BCUT2D eigenvalue weighted by molar-refractivity contribution is 4.95. The van der Waals surface area contributed by atoms with E-state index < -0.39 is 0 Å². The second-order valence-electron chi connectivity index (χ2n) is 6.14. The van der Waals surface area contributed by atoms with Gasteiger partial charge >= 0.3 is 0 Å². The summed E-state index contributed by atoms with van der Waals surface area (Å²) in [5, 5.41) is 3.82. The lowest BCUT2D eigenvalue weighted by molar-refractivity contribution is 0.138. The number of nitrogens with zero attached hydrogens (tertiary/aromatic N) is 1. The first kappa shape index (κ1) is 16.0. The van der Waals surface area contributed by atoms with E-state index in [0.29, 0.717) is 5.54 Å². The van der Waals surface area contributed by atoms with Gasteiger partial charge in [-0.2, -0.15) is 0 Å². The molecule has 0 aromatic carbocycles. The molecular formula is C16H34N2. The highest BCUT2D eigenvalue weighted by Crippen LogP contribution is 2.27. The van der Waals surface area contributed by atoms with Crippen molar-refractivity contribution in [3.63, 3.8) is 0 Å². The molecule has 1 heterocycles. The fraction of sp³-hybridized carbons (Fsp3) is 1.00. The molecule has 0 bridgehead atoms. The first-order chi connectivity index (χ1) is 8.67.